The largest absolute Gasteiger partial charge is 0.335 e. The number of anilines is 1. The number of halogens is 2. The Labute approximate surface area is 150 Å². The molecule has 1 atom stereocenters. The number of barbiturate groups is 1. The molecule has 0 unspecified atom stereocenters. The number of nitrogens with one attached hydrogen (secondary N) is 1. The van der Waals surface area contributed by atoms with Crippen LogP contribution in [-0.4, -0.2) is 24.1 Å². The number of para-hydroxylation sites is 1. The second-order valence-corrected chi connectivity index (χ2v) is 6.07. The molecule has 1 saturated heterocycles. The van der Waals surface area contributed by atoms with Gasteiger partial charge in [0.15, 0.2) is 5.92 Å². The predicted molar refractivity (Wildman–Crippen MR) is 93.2 cm³/mol. The van der Waals surface area contributed by atoms with Crippen molar-refractivity contribution in [1.82, 2.24) is 5.32 Å². The van der Waals surface area contributed by atoms with E-state index >= 15 is 0 Å². The van der Waals surface area contributed by atoms with E-state index in [0.29, 0.717) is 10.6 Å². The number of hydrogen-bond donors (Lipinski definition) is 1. The number of hydrogen-bond acceptors (Lipinski definition) is 4. The molecule has 0 radical (unpaired) electrons. The summed E-state index contributed by atoms with van der Waals surface area (Å²) in [5, 5.41) is 2.04. The highest BCUT2D eigenvalue weighted by Gasteiger charge is 2.41. The van der Waals surface area contributed by atoms with Gasteiger partial charge in [0, 0.05) is 10.7 Å². The van der Waals surface area contributed by atoms with Gasteiger partial charge in [-0.15, -0.1) is 0 Å². The number of amides is 4. The first-order chi connectivity index (χ1) is 12.0. The monoisotopic (exact) mass is 403 g/mol. The highest BCUT2D eigenvalue weighted by molar-refractivity contribution is 9.10. The van der Waals surface area contributed by atoms with Crippen molar-refractivity contribution in [3.8, 4) is 0 Å². The van der Waals surface area contributed by atoms with E-state index in [-0.39, 0.29) is 5.69 Å². The van der Waals surface area contributed by atoms with Gasteiger partial charge in [0.1, 0.15) is 5.82 Å². The van der Waals surface area contributed by atoms with Crippen LogP contribution < -0.4 is 10.2 Å². The Kier molecular flexibility index (Phi) is 4.71. The van der Waals surface area contributed by atoms with E-state index in [2.05, 4.69) is 20.9 Å². The molecule has 0 saturated carbocycles. The molecule has 2 aromatic rings. The lowest BCUT2D eigenvalue weighted by atomic mass is 10.1. The minimum absolute atomic E-state index is 0.223. The number of urea groups is 1. The summed E-state index contributed by atoms with van der Waals surface area (Å²) >= 11 is 3.29. The molecule has 0 aliphatic carbocycles. The third kappa shape index (κ3) is 3.48. The molecular weight excluding hydrogens is 393 g/mol. The number of nitrogens with zero attached hydrogens (tertiary/aromatic N) is 2. The summed E-state index contributed by atoms with van der Waals surface area (Å²) in [5.41, 5.74) is 0.303. The van der Waals surface area contributed by atoms with Gasteiger partial charge in [0.25, 0.3) is 5.91 Å². The molecule has 25 heavy (non-hydrogen) atoms. The Morgan fingerprint density at radius 3 is 2.44 bits per heavy atom. The maximum Gasteiger partial charge on any atom is 0.335 e. The number of aliphatic imine (C=N–C) groups is 1. The van der Waals surface area contributed by atoms with E-state index < -0.39 is 29.6 Å². The van der Waals surface area contributed by atoms with Gasteiger partial charge in [-0.25, -0.2) is 14.1 Å². The van der Waals surface area contributed by atoms with Crippen molar-refractivity contribution < 1.29 is 18.8 Å². The molecule has 126 valence electrons. The van der Waals surface area contributed by atoms with Gasteiger partial charge in [-0.05, 0) is 36.4 Å². The van der Waals surface area contributed by atoms with Gasteiger partial charge < -0.3 is 0 Å². The van der Waals surface area contributed by atoms with Crippen LogP contribution in [0.2, 0.25) is 0 Å². The van der Waals surface area contributed by atoms with Crippen molar-refractivity contribution in [2.75, 3.05) is 4.90 Å². The van der Waals surface area contributed by atoms with Gasteiger partial charge in [-0.3, -0.25) is 19.9 Å². The third-order valence-electron chi connectivity index (χ3n) is 3.49. The summed E-state index contributed by atoms with van der Waals surface area (Å²) < 4.78 is 14.8. The second-order valence-electron chi connectivity index (χ2n) is 5.15. The zero-order chi connectivity index (χ0) is 18.0. The summed E-state index contributed by atoms with van der Waals surface area (Å²) in [5.74, 6) is -3.74. The van der Waals surface area contributed by atoms with Crippen LogP contribution in [0.3, 0.4) is 0 Å². The lowest BCUT2D eigenvalue weighted by Crippen LogP contribution is -2.58. The van der Waals surface area contributed by atoms with Crippen LogP contribution in [0.4, 0.5) is 20.6 Å². The summed E-state index contributed by atoms with van der Waals surface area (Å²) in [6.45, 7) is 0. The fraction of sp³-hybridized carbons (Fsp3) is 0.0588. The standard InChI is InChI=1S/C17H11BrFN3O3/c18-10-5-7-11(8-6-10)20-9-12-15(23)21-17(25)22(16(12)24)14-4-2-1-3-13(14)19/h1-9,12H,(H,21,23,25)/t12-/m0/s1. The maximum atomic E-state index is 13.9. The number of rotatable bonds is 3. The molecule has 1 aliphatic heterocycles. The summed E-state index contributed by atoms with van der Waals surface area (Å²) in [4.78, 5) is 41.2. The summed E-state index contributed by atoms with van der Waals surface area (Å²) in [6.07, 6.45) is 1.14. The Bertz CT molecular complexity index is 883. The van der Waals surface area contributed by atoms with Crippen LogP contribution in [0.15, 0.2) is 58.0 Å². The van der Waals surface area contributed by atoms with Gasteiger partial charge in [0.2, 0.25) is 5.91 Å². The SMILES string of the molecule is O=C1NC(=O)N(c2ccccc2F)C(=O)[C@H]1C=Nc1ccc(Br)cc1. The average molecular weight is 404 g/mol. The van der Waals surface area contributed by atoms with Crippen LogP contribution in [0.25, 0.3) is 0 Å². The molecule has 2 aromatic carbocycles. The van der Waals surface area contributed by atoms with Crippen molar-refractivity contribution in [1.29, 1.82) is 0 Å². The smallest absolute Gasteiger partial charge is 0.276 e. The highest BCUT2D eigenvalue weighted by atomic mass is 79.9. The van der Waals surface area contributed by atoms with Crippen LogP contribution in [0, 0.1) is 11.7 Å². The molecule has 1 fully saturated rings. The third-order valence-corrected chi connectivity index (χ3v) is 4.02. The van der Waals surface area contributed by atoms with Gasteiger partial charge in [-0.1, -0.05) is 28.1 Å². The number of benzene rings is 2. The van der Waals surface area contributed by atoms with E-state index in [1.807, 2.05) is 5.32 Å². The van der Waals surface area contributed by atoms with Crippen molar-refractivity contribution in [2.45, 2.75) is 0 Å². The zero-order valence-corrected chi connectivity index (χ0v) is 14.2. The highest BCUT2D eigenvalue weighted by Crippen LogP contribution is 2.24. The Hall–Kier alpha value is -2.87. The first kappa shape index (κ1) is 17.0. The second kappa shape index (κ2) is 6.94. The van der Waals surface area contributed by atoms with Crippen LogP contribution in [0.5, 0.6) is 0 Å². The molecule has 0 spiro atoms. The van der Waals surface area contributed by atoms with E-state index in [1.54, 1.807) is 24.3 Å². The van der Waals surface area contributed by atoms with Gasteiger partial charge in [-0.2, -0.15) is 0 Å². The fourth-order valence-electron chi connectivity index (χ4n) is 2.27. The predicted octanol–water partition coefficient (Wildman–Crippen LogP) is 3.19. The molecule has 3 rings (SSSR count). The minimum atomic E-state index is -1.33. The van der Waals surface area contributed by atoms with Gasteiger partial charge >= 0.3 is 6.03 Å². The normalized spacial score (nSPS) is 17.9. The number of carbonyl (C=O) groups excluding carboxylic acids is 3. The zero-order valence-electron chi connectivity index (χ0n) is 12.6. The van der Waals surface area contributed by atoms with Crippen molar-refractivity contribution >= 4 is 51.4 Å². The average Bonchev–Trinajstić information content (AvgIpc) is 2.57. The number of carbonyl (C=O) groups is 3. The van der Waals surface area contributed by atoms with Crippen molar-refractivity contribution in [3.63, 3.8) is 0 Å². The Morgan fingerprint density at radius 2 is 1.76 bits per heavy atom. The molecular formula is C17H11BrFN3O3. The minimum Gasteiger partial charge on any atom is -0.276 e. The van der Waals surface area contributed by atoms with E-state index in [0.717, 1.165) is 16.8 Å². The molecule has 6 nitrogen and oxygen atoms in total. The van der Waals surface area contributed by atoms with Crippen molar-refractivity contribution in [2.24, 2.45) is 10.9 Å². The van der Waals surface area contributed by atoms with Crippen LogP contribution >= 0.6 is 15.9 Å². The first-order valence-electron chi connectivity index (χ1n) is 7.20. The number of imide groups is 2. The van der Waals surface area contributed by atoms with Gasteiger partial charge in [0.05, 0.1) is 11.4 Å². The van der Waals surface area contributed by atoms with Crippen LogP contribution in [-0.2, 0) is 9.59 Å². The quantitative estimate of drug-likeness (QED) is 0.631. The molecule has 1 N–H and O–H groups in total. The Morgan fingerprint density at radius 1 is 1.08 bits per heavy atom. The lowest BCUT2D eigenvalue weighted by Gasteiger charge is -2.28. The molecule has 4 amide bonds. The van der Waals surface area contributed by atoms with E-state index in [4.69, 9.17) is 0 Å². The molecule has 0 aromatic heterocycles. The summed E-state index contributed by atoms with van der Waals surface area (Å²) in [7, 11) is 0. The fourth-order valence-corrected chi connectivity index (χ4v) is 2.54. The summed E-state index contributed by atoms with van der Waals surface area (Å²) in [6, 6.07) is 11.2. The molecule has 0 bridgehead atoms. The van der Waals surface area contributed by atoms with Crippen molar-refractivity contribution in [3.05, 3.63) is 58.8 Å². The van der Waals surface area contributed by atoms with Crippen LogP contribution in [0.1, 0.15) is 0 Å². The topological polar surface area (TPSA) is 78.8 Å². The molecule has 1 aliphatic rings. The first-order valence-corrected chi connectivity index (χ1v) is 8.00. The molecule has 1 heterocycles. The van der Waals surface area contributed by atoms with E-state index in [9.17, 15) is 18.8 Å². The Balaban J connectivity index is 1.90. The molecule has 8 heteroatoms. The lowest BCUT2D eigenvalue weighted by molar-refractivity contribution is -0.131. The maximum absolute atomic E-state index is 13.9. The van der Waals surface area contributed by atoms with E-state index in [1.165, 1.54) is 18.2 Å².